The molecule has 1 fully saturated rings. The second kappa shape index (κ2) is 7.24. The molecule has 2 aliphatic rings. The quantitative estimate of drug-likeness (QED) is 0.777. The van der Waals surface area contributed by atoms with Crippen LogP contribution in [0.1, 0.15) is 20.3 Å². The molecule has 116 valence electrons. The molecule has 3 nitrogen and oxygen atoms in total. The number of piperazine rings is 1. The molecule has 1 heterocycles. The van der Waals surface area contributed by atoms with Crippen LogP contribution in [0.2, 0.25) is 0 Å². The average molecular weight is 291 g/mol. The lowest BCUT2D eigenvalue weighted by atomic mass is 9.92. The molecule has 0 spiro atoms. The standard InChI is InChI=1S/C7H8F3N.C7H16N2/c8-7(9,10)6(11)4-2-1-3-5-6;1-7(2)9-5-3-8-4-6-9/h1-4H,5,11H2;7-8H,3-6H2,1-2H3. The Hall–Kier alpha value is -0.850. The Balaban J connectivity index is 0.000000204. The van der Waals surface area contributed by atoms with Crippen molar-refractivity contribution in [1.82, 2.24) is 10.2 Å². The summed E-state index contributed by atoms with van der Waals surface area (Å²) in [6.07, 6.45) is 0.732. The van der Waals surface area contributed by atoms with E-state index in [1.165, 1.54) is 25.2 Å². The van der Waals surface area contributed by atoms with Crippen molar-refractivity contribution in [3.8, 4) is 0 Å². The van der Waals surface area contributed by atoms with E-state index in [0.29, 0.717) is 0 Å². The van der Waals surface area contributed by atoms with Gasteiger partial charge >= 0.3 is 6.18 Å². The van der Waals surface area contributed by atoms with Gasteiger partial charge in [0.2, 0.25) is 0 Å². The molecule has 1 aliphatic heterocycles. The van der Waals surface area contributed by atoms with Crippen LogP contribution in [0, 0.1) is 0 Å². The van der Waals surface area contributed by atoms with E-state index in [9.17, 15) is 13.2 Å². The van der Waals surface area contributed by atoms with Crippen molar-refractivity contribution < 1.29 is 13.2 Å². The first-order valence-electron chi connectivity index (χ1n) is 6.91. The topological polar surface area (TPSA) is 41.3 Å². The number of nitrogens with zero attached hydrogens (tertiary/aromatic N) is 1. The van der Waals surface area contributed by atoms with Gasteiger partial charge in [-0.3, -0.25) is 4.90 Å². The highest BCUT2D eigenvalue weighted by Crippen LogP contribution is 2.33. The summed E-state index contributed by atoms with van der Waals surface area (Å²) >= 11 is 0. The van der Waals surface area contributed by atoms with E-state index in [1.807, 2.05) is 0 Å². The normalized spacial score (nSPS) is 27.4. The lowest BCUT2D eigenvalue weighted by Gasteiger charge is -2.30. The highest BCUT2D eigenvalue weighted by Gasteiger charge is 2.49. The molecule has 1 saturated heterocycles. The number of rotatable bonds is 1. The molecule has 2 rings (SSSR count). The van der Waals surface area contributed by atoms with Gasteiger partial charge in [-0.2, -0.15) is 13.2 Å². The smallest absolute Gasteiger partial charge is 0.314 e. The largest absolute Gasteiger partial charge is 0.410 e. The van der Waals surface area contributed by atoms with Crippen LogP contribution in [-0.4, -0.2) is 48.8 Å². The van der Waals surface area contributed by atoms with Crippen LogP contribution < -0.4 is 11.1 Å². The minimum Gasteiger partial charge on any atom is -0.314 e. The van der Waals surface area contributed by atoms with Gasteiger partial charge in [-0.15, -0.1) is 0 Å². The predicted octanol–water partition coefficient (Wildman–Crippen LogP) is 2.06. The van der Waals surface area contributed by atoms with E-state index in [2.05, 4.69) is 24.1 Å². The Morgan fingerprint density at radius 1 is 1.20 bits per heavy atom. The molecule has 1 atom stereocenters. The zero-order chi connectivity index (χ0) is 15.2. The maximum atomic E-state index is 12.1. The first-order valence-corrected chi connectivity index (χ1v) is 6.91. The lowest BCUT2D eigenvalue weighted by Crippen LogP contribution is -2.51. The van der Waals surface area contributed by atoms with Gasteiger partial charge < -0.3 is 11.1 Å². The summed E-state index contributed by atoms with van der Waals surface area (Å²) < 4.78 is 36.3. The van der Waals surface area contributed by atoms with Gasteiger partial charge in [0.25, 0.3) is 0 Å². The van der Waals surface area contributed by atoms with Crippen molar-refractivity contribution in [3.05, 3.63) is 24.3 Å². The van der Waals surface area contributed by atoms with Gasteiger partial charge in [-0.1, -0.05) is 24.3 Å². The van der Waals surface area contributed by atoms with Gasteiger partial charge in [0.1, 0.15) is 5.54 Å². The second-order valence-corrected chi connectivity index (χ2v) is 5.41. The van der Waals surface area contributed by atoms with Crippen molar-refractivity contribution >= 4 is 0 Å². The van der Waals surface area contributed by atoms with Crippen molar-refractivity contribution in [1.29, 1.82) is 0 Å². The first-order chi connectivity index (χ1) is 9.26. The summed E-state index contributed by atoms with van der Waals surface area (Å²) in [5.41, 5.74) is 2.92. The van der Waals surface area contributed by atoms with E-state index < -0.39 is 11.7 Å². The monoisotopic (exact) mass is 291 g/mol. The van der Waals surface area contributed by atoms with Gasteiger partial charge in [0.15, 0.2) is 0 Å². The van der Waals surface area contributed by atoms with Crippen LogP contribution in [-0.2, 0) is 0 Å². The molecule has 1 aliphatic carbocycles. The van der Waals surface area contributed by atoms with Crippen LogP contribution in [0.25, 0.3) is 0 Å². The third-order valence-electron chi connectivity index (χ3n) is 3.51. The molecule has 0 aromatic heterocycles. The van der Waals surface area contributed by atoms with E-state index >= 15 is 0 Å². The Kier molecular flexibility index (Phi) is 6.23. The van der Waals surface area contributed by atoms with E-state index in [4.69, 9.17) is 5.73 Å². The van der Waals surface area contributed by atoms with Crippen LogP contribution in [0.4, 0.5) is 13.2 Å². The number of hydrogen-bond acceptors (Lipinski definition) is 3. The molecular weight excluding hydrogens is 267 g/mol. The van der Waals surface area contributed by atoms with Gasteiger partial charge in [0.05, 0.1) is 0 Å². The minimum atomic E-state index is -4.35. The molecule has 0 aromatic rings. The highest BCUT2D eigenvalue weighted by molar-refractivity contribution is 5.22. The van der Waals surface area contributed by atoms with Crippen LogP contribution in [0.3, 0.4) is 0 Å². The molecule has 6 heteroatoms. The third kappa shape index (κ3) is 4.92. The van der Waals surface area contributed by atoms with Crippen LogP contribution >= 0.6 is 0 Å². The summed E-state index contributed by atoms with van der Waals surface area (Å²) in [7, 11) is 0. The molecular formula is C14H24F3N3. The number of nitrogens with two attached hydrogens (primary N) is 1. The van der Waals surface area contributed by atoms with Crippen molar-refractivity contribution in [2.45, 2.75) is 38.0 Å². The third-order valence-corrected chi connectivity index (χ3v) is 3.51. The fraction of sp³-hybridized carbons (Fsp3) is 0.714. The fourth-order valence-electron chi connectivity index (χ4n) is 2.05. The molecule has 3 N–H and O–H groups in total. The summed E-state index contributed by atoms with van der Waals surface area (Å²) in [5.74, 6) is 0. The van der Waals surface area contributed by atoms with Crippen molar-refractivity contribution in [3.63, 3.8) is 0 Å². The number of halogens is 3. The molecule has 0 aromatic carbocycles. The van der Waals surface area contributed by atoms with E-state index in [0.717, 1.165) is 25.2 Å². The molecule has 0 saturated carbocycles. The van der Waals surface area contributed by atoms with Crippen molar-refractivity contribution in [2.24, 2.45) is 5.73 Å². The van der Waals surface area contributed by atoms with Crippen LogP contribution in [0.5, 0.6) is 0 Å². The average Bonchev–Trinajstić information content (AvgIpc) is 2.40. The van der Waals surface area contributed by atoms with E-state index in [1.54, 1.807) is 6.08 Å². The predicted molar refractivity (Wildman–Crippen MR) is 75.4 cm³/mol. The van der Waals surface area contributed by atoms with Gasteiger partial charge in [-0.25, -0.2) is 0 Å². The van der Waals surface area contributed by atoms with Crippen molar-refractivity contribution in [2.75, 3.05) is 26.2 Å². The summed E-state index contributed by atoms with van der Waals surface area (Å²) in [5, 5.41) is 3.33. The summed E-state index contributed by atoms with van der Waals surface area (Å²) in [6.45, 7) is 9.28. The van der Waals surface area contributed by atoms with E-state index in [-0.39, 0.29) is 6.42 Å². The van der Waals surface area contributed by atoms with Gasteiger partial charge in [0, 0.05) is 32.2 Å². The Morgan fingerprint density at radius 2 is 1.80 bits per heavy atom. The second-order valence-electron chi connectivity index (χ2n) is 5.41. The zero-order valence-electron chi connectivity index (χ0n) is 12.1. The number of alkyl halides is 3. The SMILES string of the molecule is CC(C)N1CCNCC1.NC1(C(F)(F)F)C=CC=CC1. The zero-order valence-corrected chi connectivity index (χ0v) is 12.1. The number of nitrogens with one attached hydrogen (secondary N) is 1. The Labute approximate surface area is 118 Å². The summed E-state index contributed by atoms with van der Waals surface area (Å²) in [4.78, 5) is 2.50. The Bertz CT molecular complexity index is 344. The fourth-order valence-corrected chi connectivity index (χ4v) is 2.05. The lowest BCUT2D eigenvalue weighted by molar-refractivity contribution is -0.170. The molecule has 0 amide bonds. The Morgan fingerprint density at radius 3 is 2.10 bits per heavy atom. The van der Waals surface area contributed by atoms with Crippen LogP contribution in [0.15, 0.2) is 24.3 Å². The minimum absolute atomic E-state index is 0.174. The highest BCUT2D eigenvalue weighted by atomic mass is 19.4. The molecule has 0 radical (unpaired) electrons. The van der Waals surface area contributed by atoms with Gasteiger partial charge in [-0.05, 0) is 20.3 Å². The maximum Gasteiger partial charge on any atom is 0.410 e. The molecule has 0 bridgehead atoms. The number of allylic oxidation sites excluding steroid dienone is 2. The number of hydrogen-bond donors (Lipinski definition) is 2. The first kappa shape index (κ1) is 17.2. The summed E-state index contributed by atoms with van der Waals surface area (Å²) in [6, 6.07) is 0.729. The molecule has 20 heavy (non-hydrogen) atoms. The molecule has 1 unspecified atom stereocenters. The maximum absolute atomic E-state index is 12.1.